The second kappa shape index (κ2) is 5.49. The van der Waals surface area contributed by atoms with Crippen LogP contribution in [0.4, 0.5) is 0 Å². The van der Waals surface area contributed by atoms with Crippen LogP contribution >= 0.6 is 0 Å². The standard InChI is InChI=1S/C14H19NO7S/c1-7-3-5-8(6-4-7)23(19,20)15-13-11-9(16)10(17)12(18)14(2,21-11)22-13/h3-6,9-13,15-18H,1-2H3/t9-,10-,11+,12-,13-,14+/m0/s1. The number of aliphatic hydroxyl groups excluding tert-OH is 3. The number of hydrogen-bond acceptors (Lipinski definition) is 7. The Bertz CT molecular complexity index is 692. The first-order valence-electron chi connectivity index (χ1n) is 7.13. The number of ether oxygens (including phenoxy) is 2. The molecule has 6 atom stereocenters. The van der Waals surface area contributed by atoms with Gasteiger partial charge >= 0.3 is 0 Å². The fourth-order valence-corrected chi connectivity index (χ4v) is 3.91. The van der Waals surface area contributed by atoms with E-state index in [1.165, 1.54) is 19.1 Å². The number of aliphatic hydroxyl groups is 3. The molecule has 2 aliphatic rings. The average molecular weight is 345 g/mol. The summed E-state index contributed by atoms with van der Waals surface area (Å²) in [7, 11) is -3.91. The van der Waals surface area contributed by atoms with Gasteiger partial charge in [0.2, 0.25) is 10.0 Å². The van der Waals surface area contributed by atoms with Crippen molar-refractivity contribution >= 4 is 10.0 Å². The Morgan fingerprint density at radius 3 is 2.30 bits per heavy atom. The highest BCUT2D eigenvalue weighted by atomic mass is 32.2. The molecule has 0 aromatic heterocycles. The maximum atomic E-state index is 12.4. The summed E-state index contributed by atoms with van der Waals surface area (Å²) < 4.78 is 37.9. The first kappa shape index (κ1) is 16.8. The number of rotatable bonds is 3. The number of nitrogens with one attached hydrogen (secondary N) is 1. The van der Waals surface area contributed by atoms with Gasteiger partial charge in [-0.2, -0.15) is 4.72 Å². The maximum Gasteiger partial charge on any atom is 0.242 e. The molecule has 8 nitrogen and oxygen atoms in total. The Labute approximate surface area is 133 Å². The second-order valence-electron chi connectivity index (χ2n) is 6.00. The van der Waals surface area contributed by atoms with Crippen molar-refractivity contribution in [2.24, 2.45) is 0 Å². The first-order valence-corrected chi connectivity index (χ1v) is 8.61. The molecule has 0 aliphatic carbocycles. The van der Waals surface area contributed by atoms with Crippen LogP contribution in [0.15, 0.2) is 29.2 Å². The van der Waals surface area contributed by atoms with Crippen LogP contribution in [-0.2, 0) is 19.5 Å². The van der Waals surface area contributed by atoms with Gasteiger partial charge in [0, 0.05) is 0 Å². The fraction of sp³-hybridized carbons (Fsp3) is 0.571. The molecular weight excluding hydrogens is 326 g/mol. The Balaban J connectivity index is 1.85. The van der Waals surface area contributed by atoms with E-state index in [-0.39, 0.29) is 4.90 Å². The van der Waals surface area contributed by atoms with Crippen molar-refractivity contribution in [1.82, 2.24) is 4.72 Å². The van der Waals surface area contributed by atoms with Gasteiger partial charge in [-0.1, -0.05) is 17.7 Å². The average Bonchev–Trinajstić information content (AvgIpc) is 2.79. The molecule has 0 amide bonds. The molecule has 0 saturated carbocycles. The highest BCUT2D eigenvalue weighted by Crippen LogP contribution is 2.39. The van der Waals surface area contributed by atoms with Gasteiger partial charge in [-0.3, -0.25) is 0 Å². The number of benzene rings is 1. The lowest BCUT2D eigenvalue weighted by Gasteiger charge is -2.38. The van der Waals surface area contributed by atoms with Crippen LogP contribution in [0.25, 0.3) is 0 Å². The Morgan fingerprint density at radius 1 is 1.09 bits per heavy atom. The lowest BCUT2D eigenvalue weighted by atomic mass is 9.95. The molecule has 0 spiro atoms. The van der Waals surface area contributed by atoms with Gasteiger partial charge in [0.1, 0.15) is 24.4 Å². The summed E-state index contributed by atoms with van der Waals surface area (Å²) in [6.45, 7) is 3.21. The molecule has 128 valence electrons. The minimum Gasteiger partial charge on any atom is -0.387 e. The third-order valence-electron chi connectivity index (χ3n) is 4.18. The number of hydrogen-bond donors (Lipinski definition) is 4. The van der Waals surface area contributed by atoms with Gasteiger partial charge in [0.05, 0.1) is 4.90 Å². The molecule has 2 heterocycles. The quantitative estimate of drug-likeness (QED) is 0.544. The summed E-state index contributed by atoms with van der Waals surface area (Å²) in [5.74, 6) is -1.59. The molecule has 3 rings (SSSR count). The van der Waals surface area contributed by atoms with Crippen LogP contribution in [-0.4, -0.2) is 60.2 Å². The predicted octanol–water partition coefficient (Wildman–Crippen LogP) is -1.17. The molecule has 0 unspecified atom stereocenters. The van der Waals surface area contributed by atoms with Gasteiger partial charge in [0.25, 0.3) is 0 Å². The van der Waals surface area contributed by atoms with E-state index in [0.29, 0.717) is 0 Å². The Kier molecular flexibility index (Phi) is 4.00. The summed E-state index contributed by atoms with van der Waals surface area (Å²) in [6, 6.07) is 6.20. The summed E-state index contributed by atoms with van der Waals surface area (Å²) in [6.07, 6.45) is -6.83. The SMILES string of the molecule is Cc1ccc(S(=O)(=O)N[C@H]2O[C@@]3(C)O[C@@H]2[C@@H](O)[C@H](O)[C@@H]3O)cc1. The van der Waals surface area contributed by atoms with Crippen molar-refractivity contribution < 1.29 is 33.2 Å². The largest absolute Gasteiger partial charge is 0.387 e. The van der Waals surface area contributed by atoms with Crippen LogP contribution in [0.5, 0.6) is 0 Å². The third-order valence-corrected chi connectivity index (χ3v) is 5.61. The van der Waals surface area contributed by atoms with E-state index in [9.17, 15) is 23.7 Å². The van der Waals surface area contributed by atoms with Crippen LogP contribution in [0, 0.1) is 6.92 Å². The third kappa shape index (κ3) is 2.78. The van der Waals surface area contributed by atoms with Crippen molar-refractivity contribution in [3.05, 3.63) is 29.8 Å². The van der Waals surface area contributed by atoms with E-state index in [1.54, 1.807) is 12.1 Å². The Hall–Kier alpha value is -1.07. The minimum absolute atomic E-state index is 0.0360. The molecule has 2 fully saturated rings. The molecule has 2 bridgehead atoms. The molecule has 0 radical (unpaired) electrons. The molecule has 9 heteroatoms. The summed E-state index contributed by atoms with van der Waals surface area (Å²) >= 11 is 0. The van der Waals surface area contributed by atoms with E-state index < -0.39 is 46.5 Å². The van der Waals surface area contributed by atoms with Crippen LogP contribution < -0.4 is 4.72 Å². The monoisotopic (exact) mass is 345 g/mol. The van der Waals surface area contributed by atoms with Crippen molar-refractivity contribution in [1.29, 1.82) is 0 Å². The van der Waals surface area contributed by atoms with Gasteiger partial charge in [-0.15, -0.1) is 0 Å². The lowest BCUT2D eigenvalue weighted by molar-refractivity contribution is -0.286. The molecule has 23 heavy (non-hydrogen) atoms. The highest BCUT2D eigenvalue weighted by Gasteiger charge is 2.61. The topological polar surface area (TPSA) is 125 Å². The zero-order valence-corrected chi connectivity index (χ0v) is 13.4. The normalized spacial score (nSPS) is 40.3. The Morgan fingerprint density at radius 2 is 1.70 bits per heavy atom. The maximum absolute atomic E-state index is 12.4. The fourth-order valence-electron chi connectivity index (χ4n) is 2.79. The minimum atomic E-state index is -3.91. The van der Waals surface area contributed by atoms with Gasteiger partial charge in [-0.05, 0) is 26.0 Å². The smallest absolute Gasteiger partial charge is 0.242 e. The summed E-state index contributed by atoms with van der Waals surface area (Å²) in [4.78, 5) is 0.0360. The lowest BCUT2D eigenvalue weighted by Crippen LogP contribution is -2.59. The van der Waals surface area contributed by atoms with Crippen molar-refractivity contribution in [2.75, 3.05) is 0 Å². The molecule has 4 N–H and O–H groups in total. The number of fused-ring (bicyclic) bond motifs is 2. The zero-order chi connectivity index (χ0) is 17.0. The van der Waals surface area contributed by atoms with E-state index in [2.05, 4.69) is 4.72 Å². The van der Waals surface area contributed by atoms with Crippen molar-refractivity contribution in [3.8, 4) is 0 Å². The van der Waals surface area contributed by atoms with E-state index in [4.69, 9.17) is 9.47 Å². The first-order chi connectivity index (χ1) is 10.6. The predicted molar refractivity (Wildman–Crippen MR) is 77.7 cm³/mol. The second-order valence-corrected chi connectivity index (χ2v) is 7.71. The summed E-state index contributed by atoms with van der Waals surface area (Å²) in [5.41, 5.74) is 0.912. The number of aryl methyl sites for hydroxylation is 1. The van der Waals surface area contributed by atoms with E-state index in [1.807, 2.05) is 6.92 Å². The molecule has 2 saturated heterocycles. The molecule has 1 aromatic carbocycles. The van der Waals surface area contributed by atoms with Gasteiger partial charge < -0.3 is 24.8 Å². The van der Waals surface area contributed by atoms with E-state index >= 15 is 0 Å². The van der Waals surface area contributed by atoms with Gasteiger partial charge in [0.15, 0.2) is 12.0 Å². The highest BCUT2D eigenvalue weighted by molar-refractivity contribution is 7.89. The van der Waals surface area contributed by atoms with Crippen LogP contribution in [0.2, 0.25) is 0 Å². The van der Waals surface area contributed by atoms with Crippen LogP contribution in [0.1, 0.15) is 12.5 Å². The zero-order valence-electron chi connectivity index (χ0n) is 12.6. The molecule has 2 aliphatic heterocycles. The molecule has 1 aromatic rings. The van der Waals surface area contributed by atoms with Crippen LogP contribution in [0.3, 0.4) is 0 Å². The molecular formula is C14H19NO7S. The van der Waals surface area contributed by atoms with Gasteiger partial charge in [-0.25, -0.2) is 8.42 Å². The number of sulfonamides is 1. The van der Waals surface area contributed by atoms with E-state index in [0.717, 1.165) is 5.56 Å². The summed E-state index contributed by atoms with van der Waals surface area (Å²) in [5, 5.41) is 29.7. The van der Waals surface area contributed by atoms with Crippen molar-refractivity contribution in [2.45, 2.75) is 55.2 Å². The van der Waals surface area contributed by atoms with Crippen molar-refractivity contribution in [3.63, 3.8) is 0 Å².